The van der Waals surface area contributed by atoms with E-state index >= 15 is 0 Å². The Labute approximate surface area is 177 Å². The Balaban J connectivity index is 1.51. The van der Waals surface area contributed by atoms with Crippen LogP contribution in [0.4, 0.5) is 5.69 Å². The number of esters is 1. The third-order valence-electron chi connectivity index (χ3n) is 5.07. The molecule has 2 aromatic carbocycles. The zero-order chi connectivity index (χ0) is 20.6. The van der Waals surface area contributed by atoms with E-state index in [1.54, 1.807) is 6.92 Å². The van der Waals surface area contributed by atoms with Gasteiger partial charge in [-0.15, -0.1) is 0 Å². The summed E-state index contributed by atoms with van der Waals surface area (Å²) in [4.78, 5) is 26.6. The molecule has 1 saturated heterocycles. The highest BCUT2D eigenvalue weighted by Gasteiger charge is 2.25. The van der Waals surface area contributed by atoms with Crippen LogP contribution in [0.5, 0.6) is 0 Å². The number of hydrogen-bond donors (Lipinski definition) is 1. The van der Waals surface area contributed by atoms with Crippen molar-refractivity contribution >= 4 is 29.2 Å². The molecule has 0 aromatic heterocycles. The lowest BCUT2D eigenvalue weighted by Crippen LogP contribution is -2.40. The molecule has 0 aliphatic carbocycles. The molecule has 1 amide bonds. The first kappa shape index (κ1) is 21.3. The molecule has 1 N–H and O–H groups in total. The van der Waals surface area contributed by atoms with Crippen LogP contribution in [0.15, 0.2) is 48.5 Å². The van der Waals surface area contributed by atoms with E-state index in [-0.39, 0.29) is 24.2 Å². The van der Waals surface area contributed by atoms with Crippen LogP contribution >= 0.6 is 11.6 Å². The van der Waals surface area contributed by atoms with Crippen LogP contribution < -0.4 is 5.32 Å². The molecule has 0 spiro atoms. The van der Waals surface area contributed by atoms with Gasteiger partial charge in [-0.1, -0.05) is 35.9 Å². The van der Waals surface area contributed by atoms with Crippen molar-refractivity contribution in [3.05, 3.63) is 64.7 Å². The van der Waals surface area contributed by atoms with Crippen LogP contribution in [0.25, 0.3) is 0 Å². The largest absolute Gasteiger partial charge is 0.466 e. The van der Waals surface area contributed by atoms with Gasteiger partial charge in [0.1, 0.15) is 0 Å². The van der Waals surface area contributed by atoms with Crippen LogP contribution in [0.3, 0.4) is 0 Å². The third-order valence-corrected chi connectivity index (χ3v) is 5.32. The van der Waals surface area contributed by atoms with Gasteiger partial charge in [-0.25, -0.2) is 0 Å². The highest BCUT2D eigenvalue weighted by Crippen LogP contribution is 2.21. The molecule has 5 nitrogen and oxygen atoms in total. The van der Waals surface area contributed by atoms with Crippen LogP contribution in [-0.2, 0) is 27.3 Å². The molecule has 3 rings (SSSR count). The number of amides is 1. The standard InChI is InChI=1S/C23H27ClN2O3/c1-2-29-22(27)14-17-7-11-21(12-8-17)25-23(28)19-4-3-13-26(16-19)15-18-5-9-20(24)10-6-18/h5-12,19H,2-4,13-16H2,1H3,(H,25,28)/t19-/m0/s1. The van der Waals surface area contributed by atoms with Gasteiger partial charge in [0.05, 0.1) is 18.9 Å². The lowest BCUT2D eigenvalue weighted by atomic mass is 9.96. The van der Waals surface area contributed by atoms with Crippen molar-refractivity contribution in [1.82, 2.24) is 4.90 Å². The zero-order valence-corrected chi connectivity index (χ0v) is 17.5. The zero-order valence-electron chi connectivity index (χ0n) is 16.7. The van der Waals surface area contributed by atoms with Gasteiger partial charge >= 0.3 is 5.97 Å². The van der Waals surface area contributed by atoms with Gasteiger partial charge in [0.2, 0.25) is 5.91 Å². The fourth-order valence-electron chi connectivity index (χ4n) is 3.59. The quantitative estimate of drug-likeness (QED) is 0.686. The van der Waals surface area contributed by atoms with E-state index in [1.807, 2.05) is 48.5 Å². The summed E-state index contributed by atoms with van der Waals surface area (Å²) >= 11 is 5.96. The first-order valence-electron chi connectivity index (χ1n) is 10.1. The Morgan fingerprint density at radius 3 is 2.48 bits per heavy atom. The summed E-state index contributed by atoms with van der Waals surface area (Å²) in [6, 6.07) is 15.2. The summed E-state index contributed by atoms with van der Waals surface area (Å²) in [6.07, 6.45) is 2.14. The van der Waals surface area contributed by atoms with Crippen molar-refractivity contribution in [3.8, 4) is 0 Å². The number of carbonyl (C=O) groups excluding carboxylic acids is 2. The van der Waals surface area contributed by atoms with Gasteiger partial charge in [-0.3, -0.25) is 14.5 Å². The number of nitrogens with zero attached hydrogens (tertiary/aromatic N) is 1. The minimum Gasteiger partial charge on any atom is -0.466 e. The monoisotopic (exact) mass is 414 g/mol. The van der Waals surface area contributed by atoms with Gasteiger partial charge in [0.15, 0.2) is 0 Å². The minimum atomic E-state index is -0.243. The van der Waals surface area contributed by atoms with Gasteiger partial charge < -0.3 is 10.1 Å². The summed E-state index contributed by atoms with van der Waals surface area (Å²) in [6.45, 7) is 4.73. The molecule has 154 valence electrons. The number of anilines is 1. The van der Waals surface area contributed by atoms with Gasteiger partial charge in [0.25, 0.3) is 0 Å². The van der Waals surface area contributed by atoms with Gasteiger partial charge in [-0.05, 0) is 61.7 Å². The van der Waals surface area contributed by atoms with Crippen molar-refractivity contribution < 1.29 is 14.3 Å². The Hall–Kier alpha value is -2.37. The lowest BCUT2D eigenvalue weighted by molar-refractivity contribution is -0.142. The van der Waals surface area contributed by atoms with E-state index in [1.165, 1.54) is 5.56 Å². The van der Waals surface area contributed by atoms with E-state index < -0.39 is 0 Å². The number of benzene rings is 2. The second-order valence-corrected chi connectivity index (χ2v) is 7.81. The predicted molar refractivity (Wildman–Crippen MR) is 115 cm³/mol. The molecular weight excluding hydrogens is 388 g/mol. The van der Waals surface area contributed by atoms with E-state index in [4.69, 9.17) is 16.3 Å². The molecule has 2 aromatic rings. The molecule has 0 radical (unpaired) electrons. The van der Waals surface area contributed by atoms with Crippen LogP contribution in [-0.4, -0.2) is 36.5 Å². The molecule has 1 aliphatic rings. The van der Waals surface area contributed by atoms with Crippen LogP contribution in [0.2, 0.25) is 5.02 Å². The maximum atomic E-state index is 12.7. The van der Waals surface area contributed by atoms with E-state index in [2.05, 4.69) is 10.2 Å². The molecule has 0 unspecified atom stereocenters. The van der Waals surface area contributed by atoms with Crippen LogP contribution in [0.1, 0.15) is 30.9 Å². The maximum Gasteiger partial charge on any atom is 0.310 e. The first-order chi connectivity index (χ1) is 14.0. The lowest BCUT2D eigenvalue weighted by Gasteiger charge is -2.32. The molecule has 1 heterocycles. The summed E-state index contributed by atoms with van der Waals surface area (Å²) in [5, 5.41) is 3.74. The van der Waals surface area contributed by atoms with Gasteiger partial charge in [-0.2, -0.15) is 0 Å². The molecule has 0 bridgehead atoms. The average molecular weight is 415 g/mol. The second-order valence-electron chi connectivity index (χ2n) is 7.37. The molecule has 29 heavy (non-hydrogen) atoms. The predicted octanol–water partition coefficient (Wildman–Crippen LogP) is 4.30. The van der Waals surface area contributed by atoms with Crippen molar-refractivity contribution in [2.75, 3.05) is 25.0 Å². The van der Waals surface area contributed by atoms with Crippen molar-refractivity contribution in [2.45, 2.75) is 32.7 Å². The fraction of sp³-hybridized carbons (Fsp3) is 0.391. The summed E-state index contributed by atoms with van der Waals surface area (Å²) in [5.74, 6) is -0.230. The molecule has 1 aliphatic heterocycles. The van der Waals surface area contributed by atoms with Gasteiger partial charge in [0, 0.05) is 23.8 Å². The maximum absolute atomic E-state index is 12.7. The molecule has 0 saturated carbocycles. The molecule has 1 atom stereocenters. The third kappa shape index (κ3) is 6.58. The number of piperidine rings is 1. The van der Waals surface area contributed by atoms with Crippen molar-refractivity contribution in [2.24, 2.45) is 5.92 Å². The van der Waals surface area contributed by atoms with Crippen LogP contribution in [0, 0.1) is 5.92 Å². The SMILES string of the molecule is CCOC(=O)Cc1ccc(NC(=O)[C@H]2CCCN(Cc3ccc(Cl)cc3)C2)cc1. The highest BCUT2D eigenvalue weighted by molar-refractivity contribution is 6.30. The number of hydrogen-bond acceptors (Lipinski definition) is 4. The van der Waals surface area contributed by atoms with Crippen molar-refractivity contribution in [1.29, 1.82) is 0 Å². The Morgan fingerprint density at radius 1 is 1.10 bits per heavy atom. The molecular formula is C23H27ClN2O3. The second kappa shape index (κ2) is 10.4. The number of ether oxygens (including phenoxy) is 1. The van der Waals surface area contributed by atoms with E-state index in [9.17, 15) is 9.59 Å². The van der Waals surface area contributed by atoms with Crippen molar-refractivity contribution in [3.63, 3.8) is 0 Å². The number of rotatable bonds is 7. The summed E-state index contributed by atoms with van der Waals surface area (Å²) in [7, 11) is 0. The van der Waals surface area contributed by atoms with E-state index in [0.717, 1.165) is 48.7 Å². The first-order valence-corrected chi connectivity index (χ1v) is 10.4. The minimum absolute atomic E-state index is 0.0322. The summed E-state index contributed by atoms with van der Waals surface area (Å²) < 4.78 is 4.96. The number of likely N-dealkylation sites (tertiary alicyclic amines) is 1. The smallest absolute Gasteiger partial charge is 0.310 e. The normalized spacial score (nSPS) is 17.0. The average Bonchev–Trinajstić information content (AvgIpc) is 2.71. The topological polar surface area (TPSA) is 58.6 Å². The highest BCUT2D eigenvalue weighted by atomic mass is 35.5. The number of halogens is 1. The van der Waals surface area contributed by atoms with E-state index in [0.29, 0.717) is 6.61 Å². The Kier molecular flexibility index (Phi) is 7.67. The molecule has 6 heteroatoms. The Bertz CT molecular complexity index is 821. The number of carbonyl (C=O) groups is 2. The molecule has 1 fully saturated rings. The Morgan fingerprint density at radius 2 is 1.79 bits per heavy atom. The summed E-state index contributed by atoms with van der Waals surface area (Å²) in [5.41, 5.74) is 2.82. The fourth-order valence-corrected chi connectivity index (χ4v) is 3.72. The number of nitrogens with one attached hydrogen (secondary N) is 1.